The number of carboxylic acids is 1. The first-order valence-corrected chi connectivity index (χ1v) is 3.04. The van der Waals surface area contributed by atoms with Crippen LogP contribution in [0.1, 0.15) is 20.3 Å². The highest BCUT2D eigenvalue weighted by atomic mass is 16.5. The van der Waals surface area contributed by atoms with E-state index < -0.39 is 12.1 Å². The zero-order valence-electron chi connectivity index (χ0n) is 5.72. The van der Waals surface area contributed by atoms with Crippen molar-refractivity contribution in [3.05, 3.63) is 0 Å². The molecule has 0 spiro atoms. The van der Waals surface area contributed by atoms with Gasteiger partial charge in [0.2, 0.25) is 0 Å². The smallest absolute Gasteiger partial charge is 0.0965 e. The molecule has 3 nitrogen and oxygen atoms in total. The second kappa shape index (κ2) is 4.32. The van der Waals surface area contributed by atoms with Gasteiger partial charge in [0.1, 0.15) is 0 Å². The molecule has 0 heterocycles. The van der Waals surface area contributed by atoms with E-state index in [0.29, 0.717) is 13.0 Å². The number of rotatable bonds is 4. The molecule has 0 aromatic carbocycles. The van der Waals surface area contributed by atoms with E-state index in [0.717, 1.165) is 0 Å². The second-order valence-corrected chi connectivity index (χ2v) is 1.67. The van der Waals surface area contributed by atoms with Crippen molar-refractivity contribution in [3.63, 3.8) is 0 Å². The van der Waals surface area contributed by atoms with Crippen molar-refractivity contribution in [2.24, 2.45) is 0 Å². The predicted molar refractivity (Wildman–Crippen MR) is 30.7 cm³/mol. The quantitative estimate of drug-likeness (QED) is 0.519. The molecule has 0 rings (SSSR count). The van der Waals surface area contributed by atoms with Crippen molar-refractivity contribution in [2.75, 3.05) is 6.61 Å². The van der Waals surface area contributed by atoms with Crippen LogP contribution in [0.15, 0.2) is 0 Å². The highest BCUT2D eigenvalue weighted by molar-refractivity contribution is 5.69. The SMILES string of the molecule is CCOC(CC)C(=O)[O-]. The molecule has 0 amide bonds. The molecule has 0 aliphatic rings. The van der Waals surface area contributed by atoms with E-state index in [1.165, 1.54) is 0 Å². The first kappa shape index (κ1) is 8.43. The number of hydrogen-bond donors (Lipinski definition) is 0. The van der Waals surface area contributed by atoms with Crippen molar-refractivity contribution in [2.45, 2.75) is 26.4 Å². The van der Waals surface area contributed by atoms with Crippen LogP contribution in [-0.4, -0.2) is 18.7 Å². The molecule has 0 bridgehead atoms. The predicted octanol–water partition coefficient (Wildman–Crippen LogP) is -0.449. The highest BCUT2D eigenvalue weighted by Crippen LogP contribution is 1.94. The lowest BCUT2D eigenvalue weighted by molar-refractivity contribution is -0.316. The molecule has 3 heteroatoms. The van der Waals surface area contributed by atoms with Crippen LogP contribution in [-0.2, 0) is 9.53 Å². The molecule has 0 aromatic heterocycles. The third-order valence-corrected chi connectivity index (χ3v) is 1.00. The molecule has 0 aliphatic heterocycles. The molecule has 0 aromatic rings. The van der Waals surface area contributed by atoms with Crippen LogP contribution in [0.25, 0.3) is 0 Å². The summed E-state index contributed by atoms with van der Waals surface area (Å²) in [5, 5.41) is 10.1. The van der Waals surface area contributed by atoms with Gasteiger partial charge >= 0.3 is 0 Å². The first-order valence-electron chi connectivity index (χ1n) is 3.04. The molecule has 1 atom stereocenters. The molecule has 0 saturated heterocycles. The maximum Gasteiger partial charge on any atom is 0.0965 e. The molecule has 0 radical (unpaired) electrons. The molecule has 0 aliphatic carbocycles. The minimum atomic E-state index is -1.13. The van der Waals surface area contributed by atoms with Gasteiger partial charge in [-0.05, 0) is 13.3 Å². The monoisotopic (exact) mass is 131 g/mol. The summed E-state index contributed by atoms with van der Waals surface area (Å²) in [5.41, 5.74) is 0. The fraction of sp³-hybridized carbons (Fsp3) is 0.833. The van der Waals surface area contributed by atoms with Crippen LogP contribution in [0.4, 0.5) is 0 Å². The Hall–Kier alpha value is -0.570. The minimum Gasteiger partial charge on any atom is -0.547 e. The van der Waals surface area contributed by atoms with Crippen LogP contribution in [0.3, 0.4) is 0 Å². The number of carbonyl (C=O) groups is 1. The fourth-order valence-corrected chi connectivity index (χ4v) is 0.554. The third kappa shape index (κ3) is 3.08. The lowest BCUT2D eigenvalue weighted by atomic mass is 10.3. The van der Waals surface area contributed by atoms with Crippen LogP contribution < -0.4 is 5.11 Å². The Morgan fingerprint density at radius 2 is 2.22 bits per heavy atom. The van der Waals surface area contributed by atoms with E-state index in [1.54, 1.807) is 13.8 Å². The summed E-state index contributed by atoms with van der Waals surface area (Å²) in [6.45, 7) is 3.92. The van der Waals surface area contributed by atoms with Crippen molar-refractivity contribution in [1.82, 2.24) is 0 Å². The van der Waals surface area contributed by atoms with Crippen molar-refractivity contribution in [3.8, 4) is 0 Å². The largest absolute Gasteiger partial charge is 0.547 e. The van der Waals surface area contributed by atoms with Gasteiger partial charge in [-0.15, -0.1) is 0 Å². The summed E-state index contributed by atoms with van der Waals surface area (Å²) in [5.74, 6) is -1.13. The van der Waals surface area contributed by atoms with Gasteiger partial charge in [-0.3, -0.25) is 0 Å². The van der Waals surface area contributed by atoms with E-state index in [-0.39, 0.29) is 0 Å². The molecule has 54 valence electrons. The third-order valence-electron chi connectivity index (χ3n) is 1.00. The Labute approximate surface area is 54.6 Å². The Morgan fingerprint density at radius 3 is 2.33 bits per heavy atom. The molecule has 1 unspecified atom stereocenters. The van der Waals surface area contributed by atoms with Gasteiger partial charge in [0.25, 0.3) is 0 Å². The van der Waals surface area contributed by atoms with Crippen molar-refractivity contribution >= 4 is 5.97 Å². The van der Waals surface area contributed by atoms with E-state index in [2.05, 4.69) is 0 Å². The van der Waals surface area contributed by atoms with Crippen molar-refractivity contribution < 1.29 is 14.6 Å². The second-order valence-electron chi connectivity index (χ2n) is 1.67. The molecule has 0 fully saturated rings. The highest BCUT2D eigenvalue weighted by Gasteiger charge is 2.03. The van der Waals surface area contributed by atoms with Crippen molar-refractivity contribution in [1.29, 1.82) is 0 Å². The zero-order chi connectivity index (χ0) is 7.28. The Bertz CT molecular complexity index is 90.3. The van der Waals surface area contributed by atoms with E-state index in [9.17, 15) is 9.90 Å². The summed E-state index contributed by atoms with van der Waals surface area (Å²) in [7, 11) is 0. The number of aliphatic carboxylic acids is 1. The van der Waals surface area contributed by atoms with E-state index in [4.69, 9.17) is 4.74 Å². The standard InChI is InChI=1S/C6H12O3/c1-3-5(6(7)8)9-4-2/h5H,3-4H2,1-2H3,(H,7,8)/p-1. The van der Waals surface area contributed by atoms with Gasteiger partial charge in [0, 0.05) is 6.61 Å². The van der Waals surface area contributed by atoms with Crippen LogP contribution in [0.2, 0.25) is 0 Å². The van der Waals surface area contributed by atoms with E-state index in [1.807, 2.05) is 0 Å². The van der Waals surface area contributed by atoms with Gasteiger partial charge in [-0.2, -0.15) is 0 Å². The molecular weight excluding hydrogens is 120 g/mol. The first-order chi connectivity index (χ1) is 4.22. The van der Waals surface area contributed by atoms with Crippen LogP contribution in [0, 0.1) is 0 Å². The Balaban J connectivity index is 3.54. The lowest BCUT2D eigenvalue weighted by Crippen LogP contribution is -2.37. The number of carboxylic acid groups (broad SMARTS) is 1. The number of ether oxygens (including phenoxy) is 1. The number of carbonyl (C=O) groups excluding carboxylic acids is 1. The number of hydrogen-bond acceptors (Lipinski definition) is 3. The fourth-order valence-electron chi connectivity index (χ4n) is 0.554. The average molecular weight is 131 g/mol. The topological polar surface area (TPSA) is 49.4 Å². The normalized spacial score (nSPS) is 13.1. The zero-order valence-corrected chi connectivity index (χ0v) is 5.72. The van der Waals surface area contributed by atoms with Gasteiger partial charge in [-0.1, -0.05) is 6.92 Å². The van der Waals surface area contributed by atoms with Gasteiger partial charge in [0.15, 0.2) is 0 Å². The van der Waals surface area contributed by atoms with E-state index >= 15 is 0 Å². The molecule has 0 saturated carbocycles. The molecule has 0 N–H and O–H groups in total. The Morgan fingerprint density at radius 1 is 1.67 bits per heavy atom. The van der Waals surface area contributed by atoms with Gasteiger partial charge in [0.05, 0.1) is 12.1 Å². The summed E-state index contributed by atoms with van der Waals surface area (Å²) < 4.78 is 4.79. The van der Waals surface area contributed by atoms with Crippen LogP contribution >= 0.6 is 0 Å². The molecular formula is C6H11O3-. The van der Waals surface area contributed by atoms with Gasteiger partial charge in [-0.25, -0.2) is 0 Å². The maximum absolute atomic E-state index is 10.1. The summed E-state index contributed by atoms with van der Waals surface area (Å²) in [6.07, 6.45) is -0.258. The van der Waals surface area contributed by atoms with Gasteiger partial charge < -0.3 is 14.6 Å². The minimum absolute atomic E-state index is 0.423. The summed E-state index contributed by atoms with van der Waals surface area (Å²) >= 11 is 0. The summed E-state index contributed by atoms with van der Waals surface area (Å²) in [4.78, 5) is 10.1. The molecule has 9 heavy (non-hydrogen) atoms. The average Bonchev–Trinajstić information content (AvgIpc) is 1.82. The maximum atomic E-state index is 10.1. The Kier molecular flexibility index (Phi) is 4.05. The lowest BCUT2D eigenvalue weighted by Gasteiger charge is -2.14. The van der Waals surface area contributed by atoms with Crippen LogP contribution in [0.5, 0.6) is 0 Å². The summed E-state index contributed by atoms with van der Waals surface area (Å²) in [6, 6.07) is 0.